The lowest BCUT2D eigenvalue weighted by atomic mass is 9.99. The number of nitrogens with zero attached hydrogens (tertiary/aromatic N) is 1. The highest BCUT2D eigenvalue weighted by Crippen LogP contribution is 2.41. The maximum absolute atomic E-state index is 13.1. The minimum absolute atomic E-state index is 0.0668. The fraction of sp³-hybridized carbons (Fsp3) is 0.375. The summed E-state index contributed by atoms with van der Waals surface area (Å²) in [5.41, 5.74) is 2.48. The predicted molar refractivity (Wildman–Crippen MR) is 115 cm³/mol. The fourth-order valence-electron chi connectivity index (χ4n) is 4.19. The largest absolute Gasteiger partial charge is 0.872 e. The van der Waals surface area contributed by atoms with Crippen molar-refractivity contribution in [2.24, 2.45) is 0 Å². The van der Waals surface area contributed by atoms with Gasteiger partial charge in [0.15, 0.2) is 17.3 Å². The van der Waals surface area contributed by atoms with Gasteiger partial charge in [-0.2, -0.15) is 0 Å². The van der Waals surface area contributed by atoms with E-state index in [4.69, 9.17) is 14.2 Å². The molecule has 2 heterocycles. The molecule has 2 aliphatic rings. The van der Waals surface area contributed by atoms with Gasteiger partial charge >= 0.3 is 0 Å². The van der Waals surface area contributed by atoms with Crippen LogP contribution in [0.1, 0.15) is 27.0 Å². The molecule has 2 aromatic rings. The number of allylic oxidation sites excluding steroid dienone is 1. The van der Waals surface area contributed by atoms with Crippen LogP contribution in [0.5, 0.6) is 23.0 Å². The van der Waals surface area contributed by atoms with E-state index in [2.05, 4.69) is 11.9 Å². The van der Waals surface area contributed by atoms with E-state index < -0.39 is 0 Å². The Balaban J connectivity index is 1.66. The van der Waals surface area contributed by atoms with E-state index in [0.717, 1.165) is 31.7 Å². The Morgan fingerprint density at radius 3 is 2.55 bits per heavy atom. The Morgan fingerprint density at radius 1 is 1.16 bits per heavy atom. The van der Waals surface area contributed by atoms with Crippen LogP contribution in [0.4, 0.5) is 0 Å². The second kappa shape index (κ2) is 8.61. The summed E-state index contributed by atoms with van der Waals surface area (Å²) in [4.78, 5) is 16.7. The minimum atomic E-state index is -0.197. The molecule has 7 heteroatoms. The van der Waals surface area contributed by atoms with Crippen molar-refractivity contribution in [3.63, 3.8) is 0 Å². The molecule has 0 amide bonds. The molecule has 0 radical (unpaired) electrons. The van der Waals surface area contributed by atoms with Crippen LogP contribution >= 0.6 is 0 Å². The first kappa shape index (κ1) is 21.2. The number of fused-ring (bicyclic) bond motifs is 1. The van der Waals surface area contributed by atoms with Gasteiger partial charge in [0.25, 0.3) is 0 Å². The summed E-state index contributed by atoms with van der Waals surface area (Å²) < 4.78 is 16.6. The van der Waals surface area contributed by atoms with Crippen LogP contribution in [0.15, 0.2) is 30.0 Å². The lowest BCUT2D eigenvalue weighted by molar-refractivity contribution is -0.918. The van der Waals surface area contributed by atoms with Gasteiger partial charge < -0.3 is 24.2 Å². The Hall–Kier alpha value is -3.03. The lowest BCUT2D eigenvalue weighted by Crippen LogP contribution is -3.13. The summed E-state index contributed by atoms with van der Waals surface area (Å²) >= 11 is 0. The summed E-state index contributed by atoms with van der Waals surface area (Å²) in [7, 11) is 5.24. The molecule has 1 saturated heterocycles. The van der Waals surface area contributed by atoms with Gasteiger partial charge in [0.05, 0.1) is 32.9 Å². The van der Waals surface area contributed by atoms with Crippen molar-refractivity contribution in [1.82, 2.24) is 4.90 Å². The van der Waals surface area contributed by atoms with E-state index in [0.29, 0.717) is 40.5 Å². The van der Waals surface area contributed by atoms with Crippen LogP contribution in [0, 0.1) is 6.92 Å². The van der Waals surface area contributed by atoms with Crippen LogP contribution in [0.2, 0.25) is 0 Å². The third kappa shape index (κ3) is 4.11. The SMILES string of the molecule is COc1ccc(C=C2Oc3c(C[NH+]4CCN(C)CC4)c([O-])cc(C)c3C2=O)cc1OC. The van der Waals surface area contributed by atoms with Gasteiger partial charge in [-0.3, -0.25) is 9.69 Å². The number of benzene rings is 2. The molecule has 31 heavy (non-hydrogen) atoms. The van der Waals surface area contributed by atoms with E-state index >= 15 is 0 Å². The van der Waals surface area contributed by atoms with E-state index in [9.17, 15) is 9.90 Å². The normalized spacial score (nSPS) is 18.2. The van der Waals surface area contributed by atoms with E-state index in [1.807, 2.05) is 6.07 Å². The Kier molecular flexibility index (Phi) is 5.89. The van der Waals surface area contributed by atoms with E-state index in [-0.39, 0.29) is 17.3 Å². The standard InChI is InChI=1S/C24H28N2O5/c1-15-11-18(27)17(14-26-9-7-25(2)8-10-26)24-22(15)23(28)21(31-24)13-16-5-6-19(29-3)20(12-16)30-4/h5-6,11-13,27H,7-10,14H2,1-4H3. The number of quaternary nitrogens is 1. The van der Waals surface area contributed by atoms with Crippen molar-refractivity contribution in [3.8, 4) is 23.0 Å². The molecule has 0 spiro atoms. The average Bonchev–Trinajstić information content (AvgIpc) is 3.08. The number of piperazine rings is 1. The molecule has 0 atom stereocenters. The van der Waals surface area contributed by atoms with E-state index in [1.54, 1.807) is 45.4 Å². The van der Waals surface area contributed by atoms with Gasteiger partial charge in [0.2, 0.25) is 5.78 Å². The Morgan fingerprint density at radius 2 is 1.87 bits per heavy atom. The molecule has 164 valence electrons. The third-order valence-electron chi connectivity index (χ3n) is 6.03. The first-order valence-corrected chi connectivity index (χ1v) is 10.4. The zero-order valence-corrected chi connectivity index (χ0v) is 18.4. The molecule has 4 rings (SSSR count). The number of hydrogen-bond acceptors (Lipinski definition) is 6. The summed E-state index contributed by atoms with van der Waals surface area (Å²) in [6, 6.07) is 6.95. The van der Waals surface area contributed by atoms with Gasteiger partial charge in [-0.25, -0.2) is 0 Å². The third-order valence-corrected chi connectivity index (χ3v) is 6.03. The molecule has 0 saturated carbocycles. The van der Waals surface area contributed by atoms with Gasteiger partial charge in [0.1, 0.15) is 12.3 Å². The molecule has 1 N–H and O–H groups in total. The van der Waals surface area contributed by atoms with Crippen molar-refractivity contribution < 1.29 is 29.0 Å². The zero-order chi connectivity index (χ0) is 22.1. The maximum atomic E-state index is 13.1. The second-order valence-corrected chi connectivity index (χ2v) is 8.16. The first-order valence-electron chi connectivity index (χ1n) is 10.4. The molecule has 0 aromatic heterocycles. The van der Waals surface area contributed by atoms with Crippen LogP contribution in [0.25, 0.3) is 6.08 Å². The average molecular weight is 424 g/mol. The van der Waals surface area contributed by atoms with Crippen molar-refractivity contribution in [2.45, 2.75) is 13.5 Å². The molecule has 7 nitrogen and oxygen atoms in total. The smallest absolute Gasteiger partial charge is 0.232 e. The van der Waals surface area contributed by atoms with Crippen molar-refractivity contribution >= 4 is 11.9 Å². The molecular formula is C24H28N2O5. The Labute approximate surface area is 182 Å². The molecule has 0 aliphatic carbocycles. The number of rotatable bonds is 5. The Bertz CT molecular complexity index is 1040. The quantitative estimate of drug-likeness (QED) is 0.723. The van der Waals surface area contributed by atoms with Crippen molar-refractivity contribution in [1.29, 1.82) is 0 Å². The highest BCUT2D eigenvalue weighted by atomic mass is 16.5. The zero-order valence-electron chi connectivity index (χ0n) is 18.4. The maximum Gasteiger partial charge on any atom is 0.232 e. The number of methoxy groups -OCH3 is 2. The molecular weight excluding hydrogens is 396 g/mol. The second-order valence-electron chi connectivity index (χ2n) is 8.16. The summed E-state index contributed by atoms with van der Waals surface area (Å²) in [5, 5.41) is 12.8. The number of likely N-dealkylation sites (N-methyl/N-ethyl adjacent to an activating group) is 1. The summed E-state index contributed by atoms with van der Waals surface area (Å²) in [6.07, 6.45) is 1.68. The van der Waals surface area contributed by atoms with Crippen LogP contribution < -0.4 is 24.2 Å². The van der Waals surface area contributed by atoms with Crippen LogP contribution in [-0.2, 0) is 6.54 Å². The molecule has 0 unspecified atom stereocenters. The van der Waals surface area contributed by atoms with Crippen LogP contribution in [0.3, 0.4) is 0 Å². The number of carbonyl (C=O) groups excluding carboxylic acids is 1. The number of hydrogen-bond donors (Lipinski definition) is 1. The number of ether oxygens (including phenoxy) is 3. The summed E-state index contributed by atoms with van der Waals surface area (Å²) in [6.45, 7) is 6.24. The highest BCUT2D eigenvalue weighted by molar-refractivity contribution is 6.15. The monoisotopic (exact) mass is 424 g/mol. The molecule has 1 fully saturated rings. The highest BCUT2D eigenvalue weighted by Gasteiger charge is 2.33. The predicted octanol–water partition coefficient (Wildman–Crippen LogP) is 1.03. The molecule has 2 aromatic carbocycles. The topological polar surface area (TPSA) is 75.5 Å². The van der Waals surface area contributed by atoms with Gasteiger partial charge in [0, 0.05) is 18.7 Å². The van der Waals surface area contributed by atoms with Crippen LogP contribution in [-0.4, -0.2) is 58.1 Å². The number of nitrogens with one attached hydrogen (secondary N) is 1. The van der Waals surface area contributed by atoms with E-state index in [1.165, 1.54) is 4.90 Å². The van der Waals surface area contributed by atoms with Crippen molar-refractivity contribution in [2.75, 3.05) is 47.4 Å². The van der Waals surface area contributed by atoms with Crippen molar-refractivity contribution in [3.05, 3.63) is 52.3 Å². The minimum Gasteiger partial charge on any atom is -0.872 e. The number of aryl methyl sites for hydroxylation is 1. The summed E-state index contributed by atoms with van der Waals surface area (Å²) in [5.74, 6) is 1.55. The number of carbonyl (C=O) groups is 1. The first-order chi connectivity index (χ1) is 14.9. The lowest BCUT2D eigenvalue weighted by Gasteiger charge is -2.31. The van der Waals surface area contributed by atoms with Gasteiger partial charge in [-0.1, -0.05) is 17.9 Å². The van der Waals surface area contributed by atoms with Gasteiger partial charge in [-0.15, -0.1) is 0 Å². The molecule has 2 aliphatic heterocycles. The van der Waals surface area contributed by atoms with Gasteiger partial charge in [-0.05, 0) is 43.3 Å². The fourth-order valence-corrected chi connectivity index (χ4v) is 4.19. The number of Topliss-reactive ketones (excluding diaryl/α,β-unsaturated/α-hetero) is 1. The number of ketones is 1. The molecule has 0 bridgehead atoms.